The summed E-state index contributed by atoms with van der Waals surface area (Å²) < 4.78 is 1.87. The number of hydrogen-bond donors (Lipinski definition) is 2. The molecule has 1 aromatic heterocycles. The molecule has 0 aliphatic rings. The summed E-state index contributed by atoms with van der Waals surface area (Å²) in [6.45, 7) is 9.82. The van der Waals surface area contributed by atoms with Gasteiger partial charge in [0.25, 0.3) is 0 Å². The van der Waals surface area contributed by atoms with E-state index < -0.39 is 6.10 Å². The summed E-state index contributed by atoms with van der Waals surface area (Å²) in [7, 11) is 0. The lowest BCUT2D eigenvalue weighted by Gasteiger charge is -2.22. The van der Waals surface area contributed by atoms with Crippen molar-refractivity contribution in [2.24, 2.45) is 0 Å². The molecule has 1 unspecified atom stereocenters. The minimum atomic E-state index is -0.482. The molecule has 1 heterocycles. The van der Waals surface area contributed by atoms with Crippen LogP contribution in [0.1, 0.15) is 45.8 Å². The fraction of sp³-hybridized carbons (Fsp3) is 0.750. The van der Waals surface area contributed by atoms with E-state index in [9.17, 15) is 5.11 Å². The van der Waals surface area contributed by atoms with Gasteiger partial charge in [0.05, 0.1) is 12.3 Å². The third-order valence-electron chi connectivity index (χ3n) is 2.32. The number of nitrogens with zero attached hydrogens (tertiary/aromatic N) is 2. The Morgan fingerprint density at radius 1 is 1.50 bits per heavy atom. The fourth-order valence-corrected chi connectivity index (χ4v) is 1.42. The van der Waals surface area contributed by atoms with Crippen LogP contribution < -0.4 is 5.32 Å². The van der Waals surface area contributed by atoms with Gasteiger partial charge in [0.1, 0.15) is 0 Å². The van der Waals surface area contributed by atoms with E-state index in [-0.39, 0.29) is 5.54 Å². The van der Waals surface area contributed by atoms with E-state index in [1.807, 2.05) is 10.9 Å². The van der Waals surface area contributed by atoms with Crippen molar-refractivity contribution < 1.29 is 5.11 Å². The van der Waals surface area contributed by atoms with Gasteiger partial charge in [-0.3, -0.25) is 4.68 Å². The van der Waals surface area contributed by atoms with E-state index in [0.29, 0.717) is 6.54 Å². The average Bonchev–Trinajstić information content (AvgIpc) is 2.62. The Kier molecular flexibility index (Phi) is 4.50. The Morgan fingerprint density at radius 2 is 2.19 bits per heavy atom. The van der Waals surface area contributed by atoms with Crippen molar-refractivity contribution in [2.75, 3.05) is 6.54 Å². The van der Waals surface area contributed by atoms with E-state index >= 15 is 0 Å². The zero-order valence-electron chi connectivity index (χ0n) is 10.7. The molecule has 0 radical (unpaired) electrons. The maximum atomic E-state index is 9.95. The Morgan fingerprint density at radius 3 is 2.75 bits per heavy atom. The third-order valence-corrected chi connectivity index (χ3v) is 2.32. The molecule has 0 fully saturated rings. The number of aryl methyl sites for hydroxylation is 1. The van der Waals surface area contributed by atoms with E-state index in [1.54, 1.807) is 6.20 Å². The number of aliphatic hydroxyl groups is 1. The molecule has 0 aliphatic heterocycles. The van der Waals surface area contributed by atoms with Crippen LogP contribution in [-0.4, -0.2) is 27.0 Å². The number of aromatic nitrogens is 2. The quantitative estimate of drug-likeness (QED) is 0.802. The predicted molar refractivity (Wildman–Crippen MR) is 65.2 cm³/mol. The van der Waals surface area contributed by atoms with Crippen LogP contribution in [0.4, 0.5) is 0 Å². The van der Waals surface area contributed by atoms with Crippen LogP contribution in [-0.2, 0) is 6.54 Å². The molecule has 1 aromatic rings. The van der Waals surface area contributed by atoms with Crippen LogP contribution in [0.5, 0.6) is 0 Å². The highest BCUT2D eigenvalue weighted by atomic mass is 16.3. The van der Waals surface area contributed by atoms with Crippen LogP contribution in [0.15, 0.2) is 12.4 Å². The molecule has 1 atom stereocenters. The maximum Gasteiger partial charge on any atom is 0.0944 e. The van der Waals surface area contributed by atoms with Crippen molar-refractivity contribution in [1.82, 2.24) is 15.1 Å². The molecule has 1 rings (SSSR count). The van der Waals surface area contributed by atoms with Gasteiger partial charge in [0.15, 0.2) is 0 Å². The first kappa shape index (κ1) is 13.2. The Bertz CT molecular complexity index is 314. The van der Waals surface area contributed by atoms with Gasteiger partial charge in [-0.15, -0.1) is 0 Å². The van der Waals surface area contributed by atoms with Crippen molar-refractivity contribution in [3.63, 3.8) is 0 Å². The van der Waals surface area contributed by atoms with Gasteiger partial charge in [0.2, 0.25) is 0 Å². The van der Waals surface area contributed by atoms with Gasteiger partial charge < -0.3 is 10.4 Å². The summed E-state index contributed by atoms with van der Waals surface area (Å²) in [5.41, 5.74) is 0.908. The van der Waals surface area contributed by atoms with Gasteiger partial charge in [-0.2, -0.15) is 5.10 Å². The maximum absolute atomic E-state index is 9.95. The lowest BCUT2D eigenvalue weighted by molar-refractivity contribution is 0.163. The van der Waals surface area contributed by atoms with Crippen LogP contribution in [0.25, 0.3) is 0 Å². The van der Waals surface area contributed by atoms with Gasteiger partial charge in [-0.05, 0) is 27.2 Å². The molecular weight excluding hydrogens is 202 g/mol. The summed E-state index contributed by atoms with van der Waals surface area (Å²) in [5.74, 6) is 0. The van der Waals surface area contributed by atoms with Crippen molar-refractivity contribution in [2.45, 2.75) is 52.3 Å². The second-order valence-corrected chi connectivity index (χ2v) is 5.18. The minimum Gasteiger partial charge on any atom is -0.387 e. The zero-order valence-corrected chi connectivity index (χ0v) is 10.7. The van der Waals surface area contributed by atoms with Crippen molar-refractivity contribution in [3.8, 4) is 0 Å². The highest BCUT2D eigenvalue weighted by molar-refractivity contribution is 5.08. The van der Waals surface area contributed by atoms with E-state index in [4.69, 9.17) is 0 Å². The normalized spacial score (nSPS) is 14.1. The number of rotatable bonds is 5. The number of β-amino-alcohol motifs (C(OH)–C–C–N with tert-alkyl or cyclic N) is 1. The molecule has 2 N–H and O–H groups in total. The van der Waals surface area contributed by atoms with Gasteiger partial charge >= 0.3 is 0 Å². The lowest BCUT2D eigenvalue weighted by atomic mass is 10.1. The highest BCUT2D eigenvalue weighted by Crippen LogP contribution is 2.12. The lowest BCUT2D eigenvalue weighted by Crippen LogP contribution is -2.38. The SMILES string of the molecule is CCCn1cc(C(O)CNC(C)(C)C)cn1. The Balaban J connectivity index is 2.49. The summed E-state index contributed by atoms with van der Waals surface area (Å²) in [6, 6.07) is 0. The summed E-state index contributed by atoms with van der Waals surface area (Å²) in [5, 5.41) is 17.4. The first-order chi connectivity index (χ1) is 7.42. The van der Waals surface area contributed by atoms with Gasteiger partial charge in [-0.25, -0.2) is 0 Å². The molecule has 0 saturated carbocycles. The second kappa shape index (κ2) is 5.46. The van der Waals surface area contributed by atoms with Gasteiger partial charge in [0, 0.05) is 30.4 Å². The topological polar surface area (TPSA) is 50.1 Å². The van der Waals surface area contributed by atoms with Crippen LogP contribution in [0.2, 0.25) is 0 Å². The predicted octanol–water partition coefficient (Wildman–Crippen LogP) is 1.71. The monoisotopic (exact) mass is 225 g/mol. The molecule has 0 amide bonds. The largest absolute Gasteiger partial charge is 0.387 e. The average molecular weight is 225 g/mol. The summed E-state index contributed by atoms with van der Waals surface area (Å²) in [6.07, 6.45) is 4.23. The smallest absolute Gasteiger partial charge is 0.0944 e. The van der Waals surface area contributed by atoms with Crippen LogP contribution >= 0.6 is 0 Å². The van der Waals surface area contributed by atoms with E-state index in [1.165, 1.54) is 0 Å². The molecular formula is C12H23N3O. The van der Waals surface area contributed by atoms with Gasteiger partial charge in [-0.1, -0.05) is 6.92 Å². The standard InChI is InChI=1S/C12H23N3O/c1-5-6-15-9-10(7-14-15)11(16)8-13-12(2,3)4/h7,9,11,13,16H,5-6,8H2,1-4H3. The van der Waals surface area contributed by atoms with Crippen LogP contribution in [0, 0.1) is 0 Å². The molecule has 0 aromatic carbocycles. The fourth-order valence-electron chi connectivity index (χ4n) is 1.42. The third kappa shape index (κ3) is 4.33. The molecule has 0 aliphatic carbocycles. The zero-order chi connectivity index (χ0) is 12.2. The molecule has 0 saturated heterocycles. The van der Waals surface area contributed by atoms with Crippen LogP contribution in [0.3, 0.4) is 0 Å². The summed E-state index contributed by atoms with van der Waals surface area (Å²) in [4.78, 5) is 0. The van der Waals surface area contributed by atoms with E-state index in [0.717, 1.165) is 18.5 Å². The Labute approximate surface area is 97.7 Å². The first-order valence-corrected chi connectivity index (χ1v) is 5.88. The van der Waals surface area contributed by atoms with E-state index in [2.05, 4.69) is 38.1 Å². The second-order valence-electron chi connectivity index (χ2n) is 5.18. The number of hydrogen-bond acceptors (Lipinski definition) is 3. The molecule has 0 spiro atoms. The highest BCUT2D eigenvalue weighted by Gasteiger charge is 2.14. The molecule has 4 nitrogen and oxygen atoms in total. The van der Waals surface area contributed by atoms with Crippen molar-refractivity contribution >= 4 is 0 Å². The van der Waals surface area contributed by atoms with Crippen molar-refractivity contribution in [3.05, 3.63) is 18.0 Å². The summed E-state index contributed by atoms with van der Waals surface area (Å²) >= 11 is 0. The molecule has 0 bridgehead atoms. The minimum absolute atomic E-state index is 0.0282. The number of aliphatic hydroxyl groups excluding tert-OH is 1. The molecule has 16 heavy (non-hydrogen) atoms. The van der Waals surface area contributed by atoms with Crippen molar-refractivity contribution in [1.29, 1.82) is 0 Å². The number of nitrogens with one attached hydrogen (secondary N) is 1. The molecule has 4 heteroatoms. The first-order valence-electron chi connectivity index (χ1n) is 5.88. The molecule has 92 valence electrons. The Hall–Kier alpha value is -0.870.